The standard InChI is InChI=1S/C17H18F2N4O3S2/c1-23(2)28(24,25)15-5-3-4-13(10-15)21-17(27)22-20-11-12-6-8-14(9-7-12)26-16(18)19/h3-11,16H,1-2H3,(H2,21,22,27)/b20-11+. The monoisotopic (exact) mass is 428 g/mol. The minimum absolute atomic E-state index is 0.0462. The largest absolute Gasteiger partial charge is 0.435 e. The summed E-state index contributed by atoms with van der Waals surface area (Å²) in [6.45, 7) is -2.88. The van der Waals surface area contributed by atoms with E-state index in [0.29, 0.717) is 11.3 Å². The molecule has 7 nitrogen and oxygen atoms in total. The van der Waals surface area contributed by atoms with Crippen LogP contribution in [0.2, 0.25) is 0 Å². The molecule has 0 radical (unpaired) electrons. The van der Waals surface area contributed by atoms with Crippen molar-refractivity contribution in [2.75, 3.05) is 19.4 Å². The van der Waals surface area contributed by atoms with Gasteiger partial charge >= 0.3 is 6.61 Å². The summed E-state index contributed by atoms with van der Waals surface area (Å²) >= 11 is 5.11. The number of sulfonamides is 1. The number of benzene rings is 2. The SMILES string of the molecule is CN(C)S(=O)(=O)c1cccc(NC(=S)N/N=C/c2ccc(OC(F)F)cc2)c1. The molecular formula is C17H18F2N4O3S2. The zero-order valence-corrected chi connectivity index (χ0v) is 16.6. The fourth-order valence-electron chi connectivity index (χ4n) is 2.00. The predicted octanol–water partition coefficient (Wildman–Crippen LogP) is 2.86. The Labute approximate surface area is 167 Å². The van der Waals surface area contributed by atoms with Gasteiger partial charge in [0.05, 0.1) is 11.1 Å². The van der Waals surface area contributed by atoms with E-state index in [0.717, 1.165) is 4.31 Å². The summed E-state index contributed by atoms with van der Waals surface area (Å²) in [5.74, 6) is 0.0462. The van der Waals surface area contributed by atoms with Crippen LogP contribution >= 0.6 is 12.2 Å². The summed E-state index contributed by atoms with van der Waals surface area (Å²) in [6, 6.07) is 12.1. The molecule has 0 bridgehead atoms. The molecule has 0 aliphatic carbocycles. The lowest BCUT2D eigenvalue weighted by Crippen LogP contribution is -2.25. The van der Waals surface area contributed by atoms with Crippen molar-refractivity contribution >= 4 is 39.3 Å². The average Bonchev–Trinajstić information content (AvgIpc) is 2.63. The fraction of sp³-hybridized carbons (Fsp3) is 0.176. The smallest absolute Gasteiger partial charge is 0.387 e. The van der Waals surface area contributed by atoms with Crippen molar-refractivity contribution in [2.45, 2.75) is 11.5 Å². The van der Waals surface area contributed by atoms with Crippen LogP contribution in [-0.2, 0) is 10.0 Å². The molecular weight excluding hydrogens is 410 g/mol. The molecule has 0 spiro atoms. The summed E-state index contributed by atoms with van der Waals surface area (Å²) in [4.78, 5) is 0.125. The first-order chi connectivity index (χ1) is 13.2. The van der Waals surface area contributed by atoms with Crippen molar-refractivity contribution < 1.29 is 21.9 Å². The number of rotatable bonds is 7. The van der Waals surface area contributed by atoms with Crippen molar-refractivity contribution in [1.82, 2.24) is 9.73 Å². The Bertz CT molecular complexity index is 949. The normalized spacial score (nSPS) is 11.8. The van der Waals surface area contributed by atoms with E-state index in [1.807, 2.05) is 0 Å². The molecule has 0 saturated heterocycles. The molecule has 0 saturated carbocycles. The molecule has 0 atom stereocenters. The summed E-state index contributed by atoms with van der Waals surface area (Å²) < 4.78 is 53.9. The molecule has 2 aromatic carbocycles. The number of ether oxygens (including phenoxy) is 1. The molecule has 150 valence electrons. The van der Waals surface area contributed by atoms with E-state index in [1.165, 1.54) is 44.6 Å². The third-order valence-electron chi connectivity index (χ3n) is 3.36. The summed E-state index contributed by atoms with van der Waals surface area (Å²) in [5.41, 5.74) is 3.70. The van der Waals surface area contributed by atoms with Gasteiger partial charge in [-0.25, -0.2) is 12.7 Å². The fourth-order valence-corrected chi connectivity index (χ4v) is 3.12. The number of hydrazone groups is 1. The molecule has 0 fully saturated rings. The molecule has 28 heavy (non-hydrogen) atoms. The highest BCUT2D eigenvalue weighted by atomic mass is 32.2. The molecule has 0 heterocycles. The summed E-state index contributed by atoms with van der Waals surface area (Å²) in [5, 5.41) is 6.91. The maximum Gasteiger partial charge on any atom is 0.387 e. The number of nitrogens with zero attached hydrogens (tertiary/aromatic N) is 2. The Kier molecular flexibility index (Phi) is 7.38. The quantitative estimate of drug-likeness (QED) is 0.401. The Morgan fingerprint density at radius 1 is 1.21 bits per heavy atom. The van der Waals surface area contributed by atoms with Crippen LogP contribution in [0.4, 0.5) is 14.5 Å². The van der Waals surface area contributed by atoms with Crippen LogP contribution in [0.3, 0.4) is 0 Å². The number of anilines is 1. The molecule has 0 aliphatic rings. The molecule has 0 amide bonds. The zero-order chi connectivity index (χ0) is 20.7. The van der Waals surface area contributed by atoms with E-state index in [1.54, 1.807) is 24.3 Å². The topological polar surface area (TPSA) is 83.0 Å². The van der Waals surface area contributed by atoms with Gasteiger partial charge in [-0.15, -0.1) is 0 Å². The predicted molar refractivity (Wildman–Crippen MR) is 107 cm³/mol. The molecule has 2 rings (SSSR count). The van der Waals surface area contributed by atoms with Crippen LogP contribution in [0.1, 0.15) is 5.56 Å². The second-order valence-electron chi connectivity index (χ2n) is 5.59. The van der Waals surface area contributed by atoms with Gasteiger partial charge < -0.3 is 10.1 Å². The first-order valence-corrected chi connectivity index (χ1v) is 9.71. The van der Waals surface area contributed by atoms with Crippen molar-refractivity contribution in [3.05, 3.63) is 54.1 Å². The molecule has 2 N–H and O–H groups in total. The van der Waals surface area contributed by atoms with E-state index in [2.05, 4.69) is 20.6 Å². The number of halogens is 2. The van der Waals surface area contributed by atoms with Gasteiger partial charge in [0.15, 0.2) is 5.11 Å². The lowest BCUT2D eigenvalue weighted by atomic mass is 10.2. The van der Waals surface area contributed by atoms with E-state index < -0.39 is 16.6 Å². The first kappa shape index (κ1) is 21.7. The van der Waals surface area contributed by atoms with Crippen LogP contribution in [0.5, 0.6) is 5.75 Å². The number of hydrogen-bond donors (Lipinski definition) is 2. The maximum atomic E-state index is 12.2. The van der Waals surface area contributed by atoms with Crippen LogP contribution in [0.15, 0.2) is 58.5 Å². The van der Waals surface area contributed by atoms with Gasteiger partial charge in [0.25, 0.3) is 0 Å². The lowest BCUT2D eigenvalue weighted by molar-refractivity contribution is -0.0498. The summed E-state index contributed by atoms with van der Waals surface area (Å²) in [6.07, 6.45) is 1.44. The van der Waals surface area contributed by atoms with E-state index >= 15 is 0 Å². The highest BCUT2D eigenvalue weighted by Crippen LogP contribution is 2.18. The lowest BCUT2D eigenvalue weighted by Gasteiger charge is -2.13. The van der Waals surface area contributed by atoms with Crippen molar-refractivity contribution in [2.24, 2.45) is 5.10 Å². The van der Waals surface area contributed by atoms with Gasteiger partial charge in [-0.2, -0.15) is 13.9 Å². The van der Waals surface area contributed by atoms with Gasteiger partial charge in [0.2, 0.25) is 10.0 Å². The third-order valence-corrected chi connectivity index (χ3v) is 5.36. The Morgan fingerprint density at radius 2 is 1.89 bits per heavy atom. The van der Waals surface area contributed by atoms with Crippen LogP contribution in [0, 0.1) is 0 Å². The molecule has 11 heteroatoms. The van der Waals surface area contributed by atoms with Gasteiger partial charge in [0.1, 0.15) is 5.75 Å². The molecule has 0 aromatic heterocycles. The van der Waals surface area contributed by atoms with Crippen LogP contribution in [-0.4, -0.2) is 44.8 Å². The molecule has 2 aromatic rings. The minimum atomic E-state index is -3.56. The Balaban J connectivity index is 1.95. The minimum Gasteiger partial charge on any atom is -0.435 e. The maximum absolute atomic E-state index is 12.2. The van der Waals surface area contributed by atoms with Crippen LogP contribution < -0.4 is 15.5 Å². The second kappa shape index (κ2) is 9.53. The highest BCUT2D eigenvalue weighted by Gasteiger charge is 2.17. The zero-order valence-electron chi connectivity index (χ0n) is 15.0. The van der Waals surface area contributed by atoms with Crippen LogP contribution in [0.25, 0.3) is 0 Å². The van der Waals surface area contributed by atoms with Gasteiger partial charge in [-0.1, -0.05) is 6.07 Å². The van der Waals surface area contributed by atoms with Crippen molar-refractivity contribution in [3.8, 4) is 5.75 Å². The highest BCUT2D eigenvalue weighted by molar-refractivity contribution is 7.89. The Hall–Kier alpha value is -2.63. The van der Waals surface area contributed by atoms with Crippen molar-refractivity contribution in [1.29, 1.82) is 0 Å². The average molecular weight is 428 g/mol. The van der Waals surface area contributed by atoms with Gasteiger partial charge in [0, 0.05) is 19.8 Å². The number of nitrogens with one attached hydrogen (secondary N) is 2. The third kappa shape index (κ3) is 6.22. The number of thiocarbonyl (C=S) groups is 1. The first-order valence-electron chi connectivity index (χ1n) is 7.86. The molecule has 0 aliphatic heterocycles. The van der Waals surface area contributed by atoms with E-state index in [9.17, 15) is 17.2 Å². The number of hydrogen-bond acceptors (Lipinski definition) is 5. The van der Waals surface area contributed by atoms with E-state index in [-0.39, 0.29) is 15.8 Å². The van der Waals surface area contributed by atoms with E-state index in [4.69, 9.17) is 12.2 Å². The molecule has 0 unspecified atom stereocenters. The van der Waals surface area contributed by atoms with Gasteiger partial charge in [-0.3, -0.25) is 5.43 Å². The van der Waals surface area contributed by atoms with Crippen molar-refractivity contribution in [3.63, 3.8) is 0 Å². The van der Waals surface area contributed by atoms with Gasteiger partial charge in [-0.05, 0) is 60.2 Å². The Morgan fingerprint density at radius 3 is 2.50 bits per heavy atom. The summed E-state index contributed by atoms with van der Waals surface area (Å²) in [7, 11) is -0.663. The second-order valence-corrected chi connectivity index (χ2v) is 8.15. The number of alkyl halides is 2.